The number of hydrogen-bond donors (Lipinski definition) is 0. The highest BCUT2D eigenvalue weighted by Crippen LogP contribution is 2.41. The second-order valence-corrected chi connectivity index (χ2v) is 9.75. The molecule has 0 radical (unpaired) electrons. The van der Waals surface area contributed by atoms with Gasteiger partial charge in [0.25, 0.3) is 0 Å². The summed E-state index contributed by atoms with van der Waals surface area (Å²) in [6.07, 6.45) is 8.32. The van der Waals surface area contributed by atoms with Crippen LogP contribution in [0.3, 0.4) is 0 Å². The Kier molecular flexibility index (Phi) is 12.1. The zero-order valence-electron chi connectivity index (χ0n) is 24.3. The van der Waals surface area contributed by atoms with E-state index in [0.29, 0.717) is 18.3 Å². The van der Waals surface area contributed by atoms with Gasteiger partial charge in [0.05, 0.1) is 31.5 Å². The summed E-state index contributed by atoms with van der Waals surface area (Å²) in [6.45, 7) is 8.79. The van der Waals surface area contributed by atoms with Crippen LogP contribution in [-0.4, -0.2) is 30.8 Å². The van der Waals surface area contributed by atoms with Crippen molar-refractivity contribution in [2.24, 2.45) is 5.92 Å². The summed E-state index contributed by atoms with van der Waals surface area (Å²) in [6, 6.07) is 16.8. The number of nitrogens with zero attached hydrogens (tertiary/aromatic N) is 2. The lowest BCUT2D eigenvalue weighted by Gasteiger charge is -2.25. The summed E-state index contributed by atoms with van der Waals surface area (Å²) in [5.74, 6) is 2.40. The molecule has 39 heavy (non-hydrogen) atoms. The van der Waals surface area contributed by atoms with E-state index in [1.54, 1.807) is 14.2 Å². The third-order valence-corrected chi connectivity index (χ3v) is 7.16. The zero-order chi connectivity index (χ0) is 28.2. The molecule has 1 unspecified atom stereocenters. The minimum atomic E-state index is 0.253. The third-order valence-electron chi connectivity index (χ3n) is 6.85. The summed E-state index contributed by atoms with van der Waals surface area (Å²) in [4.78, 5) is 9.27. The first-order valence-electron chi connectivity index (χ1n) is 14.3. The van der Waals surface area contributed by atoms with Crippen molar-refractivity contribution in [2.45, 2.75) is 72.1 Å². The average molecular weight is 551 g/mol. The minimum absolute atomic E-state index is 0.253. The molecule has 0 N–H and O–H groups in total. The molecule has 0 spiro atoms. The summed E-state index contributed by atoms with van der Waals surface area (Å²) in [5, 5.41) is 0.748. The molecular weight excluding hydrogens is 508 g/mol. The van der Waals surface area contributed by atoms with E-state index in [9.17, 15) is 0 Å². The van der Waals surface area contributed by atoms with Gasteiger partial charge in [-0.05, 0) is 72.9 Å². The Bertz CT molecular complexity index is 1210. The highest BCUT2D eigenvalue weighted by molar-refractivity contribution is 6.32. The smallest absolute Gasteiger partial charge is 0.319 e. The fourth-order valence-corrected chi connectivity index (χ4v) is 4.99. The molecular formula is C33H43ClN2O3. The Morgan fingerprint density at radius 3 is 2.23 bits per heavy atom. The lowest BCUT2D eigenvalue weighted by atomic mass is 9.82. The lowest BCUT2D eigenvalue weighted by molar-refractivity contribution is 0.300. The van der Waals surface area contributed by atoms with E-state index in [2.05, 4.69) is 29.3 Å². The van der Waals surface area contributed by atoms with Crippen molar-refractivity contribution >= 4 is 17.2 Å². The maximum atomic E-state index is 6.67. The number of hydrogen-bond acceptors (Lipinski definition) is 5. The highest BCUT2D eigenvalue weighted by atomic mass is 35.5. The van der Waals surface area contributed by atoms with Gasteiger partial charge in [-0.15, -0.1) is 0 Å². The van der Waals surface area contributed by atoms with Crippen molar-refractivity contribution in [3.05, 3.63) is 82.0 Å². The van der Waals surface area contributed by atoms with Crippen molar-refractivity contribution < 1.29 is 14.2 Å². The molecule has 2 aliphatic carbocycles. The molecule has 3 aromatic rings. The number of aromatic nitrogens is 2. The summed E-state index contributed by atoms with van der Waals surface area (Å²) >= 11 is 6.67. The molecule has 2 aliphatic rings. The van der Waals surface area contributed by atoms with Gasteiger partial charge >= 0.3 is 6.01 Å². The van der Waals surface area contributed by atoms with Gasteiger partial charge in [0.1, 0.15) is 5.75 Å². The van der Waals surface area contributed by atoms with Crippen LogP contribution in [-0.2, 0) is 6.42 Å². The molecule has 1 aromatic heterocycles. The van der Waals surface area contributed by atoms with E-state index in [0.717, 1.165) is 59.4 Å². The number of halogens is 1. The topological polar surface area (TPSA) is 53.5 Å². The van der Waals surface area contributed by atoms with Crippen molar-refractivity contribution in [3.63, 3.8) is 0 Å². The highest BCUT2D eigenvalue weighted by Gasteiger charge is 2.26. The van der Waals surface area contributed by atoms with Crippen LogP contribution in [0.15, 0.2) is 54.6 Å². The van der Waals surface area contributed by atoms with Crippen LogP contribution in [0.2, 0.25) is 5.02 Å². The molecule has 1 fully saturated rings. The lowest BCUT2D eigenvalue weighted by Crippen LogP contribution is -2.13. The summed E-state index contributed by atoms with van der Waals surface area (Å²) in [7, 11) is 3.24. The first-order chi connectivity index (χ1) is 19.1. The monoisotopic (exact) mass is 550 g/mol. The van der Waals surface area contributed by atoms with E-state index in [1.807, 2.05) is 58.0 Å². The predicted octanol–water partition coefficient (Wildman–Crippen LogP) is 8.93. The second kappa shape index (κ2) is 15.5. The minimum Gasteiger partial charge on any atom is -0.493 e. The van der Waals surface area contributed by atoms with Crippen LogP contribution in [0.25, 0.3) is 5.57 Å². The Hall–Kier alpha value is -3.05. The van der Waals surface area contributed by atoms with Crippen molar-refractivity contribution in [1.82, 2.24) is 9.97 Å². The van der Waals surface area contributed by atoms with Crippen LogP contribution in [0.4, 0.5) is 0 Å². The molecule has 1 saturated carbocycles. The number of rotatable bonds is 9. The average Bonchev–Trinajstić information content (AvgIpc) is 3.84. The van der Waals surface area contributed by atoms with Gasteiger partial charge in [-0.3, -0.25) is 0 Å². The Labute approximate surface area is 239 Å². The SMILES string of the molecule is CC.CC.COc1nc(OC)c(Cc2ccccc2)c(C2CC=C(c3ccc(OCC4CC4)cc3Cl)CC2)n1. The number of allylic oxidation sites excluding steroid dienone is 2. The molecule has 0 amide bonds. The van der Waals surface area contributed by atoms with Crippen molar-refractivity contribution in [3.8, 4) is 17.6 Å². The Morgan fingerprint density at radius 2 is 1.64 bits per heavy atom. The van der Waals surface area contributed by atoms with Gasteiger partial charge in [0, 0.05) is 17.9 Å². The van der Waals surface area contributed by atoms with Crippen LogP contribution in [0.1, 0.15) is 88.1 Å². The third kappa shape index (κ3) is 8.22. The van der Waals surface area contributed by atoms with Crippen molar-refractivity contribution in [1.29, 1.82) is 0 Å². The van der Waals surface area contributed by atoms with E-state index in [-0.39, 0.29) is 5.92 Å². The molecule has 0 bridgehead atoms. The molecule has 5 rings (SSSR count). The maximum Gasteiger partial charge on any atom is 0.319 e. The first-order valence-corrected chi connectivity index (χ1v) is 14.7. The molecule has 0 aliphatic heterocycles. The van der Waals surface area contributed by atoms with E-state index in [4.69, 9.17) is 30.8 Å². The molecule has 210 valence electrons. The van der Waals surface area contributed by atoms with Gasteiger partial charge in [-0.1, -0.05) is 75.7 Å². The van der Waals surface area contributed by atoms with Crippen LogP contribution < -0.4 is 14.2 Å². The molecule has 6 heteroatoms. The van der Waals surface area contributed by atoms with E-state index < -0.39 is 0 Å². The van der Waals surface area contributed by atoms with Gasteiger partial charge < -0.3 is 14.2 Å². The predicted molar refractivity (Wildman–Crippen MR) is 161 cm³/mol. The van der Waals surface area contributed by atoms with Crippen LogP contribution in [0, 0.1) is 5.92 Å². The van der Waals surface area contributed by atoms with E-state index in [1.165, 1.54) is 24.0 Å². The van der Waals surface area contributed by atoms with Gasteiger partial charge in [0.2, 0.25) is 5.88 Å². The number of methoxy groups -OCH3 is 2. The Morgan fingerprint density at radius 1 is 0.897 bits per heavy atom. The summed E-state index contributed by atoms with van der Waals surface area (Å²) < 4.78 is 17.0. The zero-order valence-corrected chi connectivity index (χ0v) is 25.1. The van der Waals surface area contributed by atoms with Crippen LogP contribution >= 0.6 is 11.6 Å². The molecule has 1 atom stereocenters. The van der Waals surface area contributed by atoms with Crippen LogP contribution in [0.5, 0.6) is 17.6 Å². The number of benzene rings is 2. The Balaban J connectivity index is 0.00000100. The second-order valence-electron chi connectivity index (χ2n) is 9.34. The molecule has 2 aromatic carbocycles. The van der Waals surface area contributed by atoms with Gasteiger partial charge in [0.15, 0.2) is 0 Å². The standard InChI is InChI=1S/C29H31ClN2O3.2C2H6/c1-33-28-25(16-19-6-4-3-5-7-19)27(31-29(32-28)34-2)22-12-10-21(11-13-22)24-15-14-23(17-26(24)30)35-18-20-8-9-20;2*1-2/h3-7,10,14-15,17,20,22H,8-9,11-13,16,18H2,1-2H3;2*1-2H3. The quantitative estimate of drug-likeness (QED) is 0.266. The molecule has 1 heterocycles. The fourth-order valence-electron chi connectivity index (χ4n) is 4.70. The normalized spacial score (nSPS) is 16.1. The van der Waals surface area contributed by atoms with Gasteiger partial charge in [-0.25, -0.2) is 0 Å². The largest absolute Gasteiger partial charge is 0.493 e. The van der Waals surface area contributed by atoms with E-state index >= 15 is 0 Å². The van der Waals surface area contributed by atoms with Crippen molar-refractivity contribution in [2.75, 3.05) is 20.8 Å². The van der Waals surface area contributed by atoms with Gasteiger partial charge in [-0.2, -0.15) is 9.97 Å². The first kappa shape index (κ1) is 30.5. The molecule has 0 saturated heterocycles. The molecule has 5 nitrogen and oxygen atoms in total. The maximum absolute atomic E-state index is 6.67. The summed E-state index contributed by atoms with van der Waals surface area (Å²) in [5.41, 5.74) is 5.59. The number of ether oxygens (including phenoxy) is 3. The fraction of sp³-hybridized carbons (Fsp3) is 0.455.